The van der Waals surface area contributed by atoms with Gasteiger partial charge in [-0.15, -0.1) is 0 Å². The minimum atomic E-state index is -0.224. The number of nitrogens with zero attached hydrogens (tertiary/aromatic N) is 4. The van der Waals surface area contributed by atoms with Gasteiger partial charge in [-0.05, 0) is 25.7 Å². The molecule has 1 saturated heterocycles. The number of anilines is 1. The SMILES string of the molecule is CN=C(NCC1(C)CCCCC1O)NC1CCCN(c2cnn(C)c2)C1. The smallest absolute Gasteiger partial charge is 0.191 e. The summed E-state index contributed by atoms with van der Waals surface area (Å²) < 4.78 is 1.85. The fourth-order valence-electron chi connectivity index (χ4n) is 4.16. The predicted molar refractivity (Wildman–Crippen MR) is 106 cm³/mol. The molecule has 1 aromatic rings. The van der Waals surface area contributed by atoms with E-state index in [1.54, 1.807) is 0 Å². The summed E-state index contributed by atoms with van der Waals surface area (Å²) in [6, 6.07) is 0.360. The van der Waals surface area contributed by atoms with Gasteiger partial charge in [0.25, 0.3) is 0 Å². The third-order valence-electron chi connectivity index (χ3n) is 5.98. The van der Waals surface area contributed by atoms with Crippen LogP contribution in [0, 0.1) is 5.41 Å². The summed E-state index contributed by atoms with van der Waals surface area (Å²) in [6.07, 6.45) is 10.4. The summed E-state index contributed by atoms with van der Waals surface area (Å²) in [5, 5.41) is 21.7. The summed E-state index contributed by atoms with van der Waals surface area (Å²) in [6.45, 7) is 4.96. The molecule has 0 aromatic carbocycles. The number of aryl methyl sites for hydroxylation is 1. The van der Waals surface area contributed by atoms with Crippen LogP contribution in [0.4, 0.5) is 5.69 Å². The number of rotatable bonds is 4. The molecule has 7 heteroatoms. The van der Waals surface area contributed by atoms with Gasteiger partial charge >= 0.3 is 0 Å². The Morgan fingerprint density at radius 1 is 1.38 bits per heavy atom. The maximum Gasteiger partial charge on any atom is 0.191 e. The molecule has 0 bridgehead atoms. The lowest BCUT2D eigenvalue weighted by atomic mass is 9.73. The average molecular weight is 363 g/mol. The molecule has 2 fully saturated rings. The van der Waals surface area contributed by atoms with E-state index in [2.05, 4.69) is 38.7 Å². The van der Waals surface area contributed by atoms with E-state index in [1.807, 2.05) is 25.0 Å². The molecule has 0 radical (unpaired) electrons. The second kappa shape index (κ2) is 8.29. The van der Waals surface area contributed by atoms with Crippen LogP contribution in [0.5, 0.6) is 0 Å². The fourth-order valence-corrected chi connectivity index (χ4v) is 4.16. The summed E-state index contributed by atoms with van der Waals surface area (Å²) in [5.74, 6) is 0.835. The number of nitrogens with one attached hydrogen (secondary N) is 2. The molecule has 3 atom stereocenters. The molecule has 3 unspecified atom stereocenters. The Hall–Kier alpha value is -1.76. The Bertz CT molecular complexity index is 615. The van der Waals surface area contributed by atoms with Gasteiger partial charge in [-0.25, -0.2) is 0 Å². The van der Waals surface area contributed by atoms with Crippen LogP contribution in [0.2, 0.25) is 0 Å². The monoisotopic (exact) mass is 362 g/mol. The third kappa shape index (κ3) is 4.50. The van der Waals surface area contributed by atoms with E-state index >= 15 is 0 Å². The van der Waals surface area contributed by atoms with Gasteiger partial charge in [0.2, 0.25) is 0 Å². The van der Waals surface area contributed by atoms with Crippen LogP contribution < -0.4 is 15.5 Å². The van der Waals surface area contributed by atoms with E-state index in [-0.39, 0.29) is 11.5 Å². The Morgan fingerprint density at radius 3 is 2.92 bits per heavy atom. The van der Waals surface area contributed by atoms with Gasteiger partial charge in [-0.3, -0.25) is 9.67 Å². The normalized spacial score (nSPS) is 30.3. The van der Waals surface area contributed by atoms with Crippen molar-refractivity contribution in [1.29, 1.82) is 0 Å². The van der Waals surface area contributed by atoms with Gasteiger partial charge in [-0.1, -0.05) is 19.8 Å². The predicted octanol–water partition coefficient (Wildman–Crippen LogP) is 1.50. The molecule has 26 heavy (non-hydrogen) atoms. The molecular formula is C19H34N6O. The van der Waals surface area contributed by atoms with Crippen LogP contribution in [0.1, 0.15) is 45.4 Å². The van der Waals surface area contributed by atoms with Crippen molar-refractivity contribution in [2.75, 3.05) is 31.6 Å². The number of aliphatic imine (C=N–C) groups is 1. The van der Waals surface area contributed by atoms with Gasteiger partial charge < -0.3 is 20.6 Å². The Labute approximate surface area is 156 Å². The summed E-state index contributed by atoms with van der Waals surface area (Å²) >= 11 is 0. The van der Waals surface area contributed by atoms with Crippen molar-refractivity contribution < 1.29 is 5.11 Å². The Balaban J connectivity index is 1.53. The molecule has 1 aromatic heterocycles. The first-order valence-corrected chi connectivity index (χ1v) is 9.89. The number of aliphatic hydroxyl groups is 1. The average Bonchev–Trinajstić information content (AvgIpc) is 3.08. The van der Waals surface area contributed by atoms with Crippen molar-refractivity contribution in [1.82, 2.24) is 20.4 Å². The molecule has 0 spiro atoms. The lowest BCUT2D eigenvalue weighted by Gasteiger charge is -2.39. The molecule has 3 N–H and O–H groups in total. The molecule has 146 valence electrons. The van der Waals surface area contributed by atoms with E-state index in [1.165, 1.54) is 12.1 Å². The fraction of sp³-hybridized carbons (Fsp3) is 0.789. The van der Waals surface area contributed by atoms with Crippen molar-refractivity contribution >= 4 is 11.6 Å². The maximum atomic E-state index is 10.4. The molecule has 2 heterocycles. The first-order valence-electron chi connectivity index (χ1n) is 9.89. The topological polar surface area (TPSA) is 77.7 Å². The lowest BCUT2D eigenvalue weighted by molar-refractivity contribution is 0.00395. The van der Waals surface area contributed by atoms with Crippen molar-refractivity contribution in [3.8, 4) is 0 Å². The second-order valence-electron chi connectivity index (χ2n) is 8.14. The third-order valence-corrected chi connectivity index (χ3v) is 5.98. The summed E-state index contributed by atoms with van der Waals surface area (Å²) in [5.41, 5.74) is 1.12. The standard InChI is InChI=1S/C19H34N6O/c1-19(9-5-4-8-17(19)26)14-21-18(20-2)23-15-7-6-10-25(12-15)16-11-22-24(3)13-16/h11,13,15,17,26H,4-10,12,14H2,1-3H3,(H2,20,21,23). The first kappa shape index (κ1) is 19.0. The highest BCUT2D eigenvalue weighted by Crippen LogP contribution is 2.35. The van der Waals surface area contributed by atoms with Crippen LogP contribution >= 0.6 is 0 Å². The zero-order chi connectivity index (χ0) is 18.6. The van der Waals surface area contributed by atoms with E-state index in [0.717, 1.165) is 57.7 Å². The highest BCUT2D eigenvalue weighted by Gasteiger charge is 2.35. The Kier molecular flexibility index (Phi) is 6.06. The first-order chi connectivity index (χ1) is 12.5. The van der Waals surface area contributed by atoms with E-state index < -0.39 is 0 Å². The van der Waals surface area contributed by atoms with E-state index in [4.69, 9.17) is 0 Å². The molecule has 1 aliphatic carbocycles. The number of aromatic nitrogens is 2. The number of piperidine rings is 1. The minimum Gasteiger partial charge on any atom is -0.392 e. The molecule has 2 aliphatic rings. The number of hydrogen-bond donors (Lipinski definition) is 3. The van der Waals surface area contributed by atoms with Crippen LogP contribution in [0.3, 0.4) is 0 Å². The Morgan fingerprint density at radius 2 is 2.23 bits per heavy atom. The summed E-state index contributed by atoms with van der Waals surface area (Å²) in [4.78, 5) is 6.78. The van der Waals surface area contributed by atoms with Gasteiger partial charge in [0.1, 0.15) is 0 Å². The second-order valence-corrected chi connectivity index (χ2v) is 8.14. The van der Waals surface area contributed by atoms with Gasteiger partial charge in [0.15, 0.2) is 5.96 Å². The van der Waals surface area contributed by atoms with Crippen LogP contribution in [0.25, 0.3) is 0 Å². The van der Waals surface area contributed by atoms with Crippen molar-refractivity contribution in [3.63, 3.8) is 0 Å². The van der Waals surface area contributed by atoms with Gasteiger partial charge in [-0.2, -0.15) is 5.10 Å². The summed E-state index contributed by atoms with van der Waals surface area (Å²) in [7, 11) is 3.77. The molecule has 0 amide bonds. The number of hydrogen-bond acceptors (Lipinski definition) is 4. The van der Waals surface area contributed by atoms with E-state index in [0.29, 0.717) is 6.04 Å². The zero-order valence-electron chi connectivity index (χ0n) is 16.4. The molecule has 7 nitrogen and oxygen atoms in total. The zero-order valence-corrected chi connectivity index (χ0v) is 16.4. The molecule has 1 aliphatic heterocycles. The molecular weight excluding hydrogens is 328 g/mol. The maximum absolute atomic E-state index is 10.4. The van der Waals surface area contributed by atoms with Gasteiger partial charge in [0.05, 0.1) is 18.0 Å². The molecule has 1 saturated carbocycles. The quantitative estimate of drug-likeness (QED) is 0.559. The van der Waals surface area contributed by atoms with Crippen molar-refractivity contribution in [2.24, 2.45) is 17.5 Å². The van der Waals surface area contributed by atoms with Crippen molar-refractivity contribution in [3.05, 3.63) is 12.4 Å². The molecule has 3 rings (SSSR count). The minimum absolute atomic E-state index is 0.0653. The van der Waals surface area contributed by atoms with Crippen LogP contribution in [-0.2, 0) is 7.05 Å². The van der Waals surface area contributed by atoms with Crippen molar-refractivity contribution in [2.45, 2.75) is 57.6 Å². The van der Waals surface area contributed by atoms with Gasteiger partial charge in [0, 0.05) is 51.4 Å². The number of aliphatic hydroxyl groups excluding tert-OH is 1. The van der Waals surface area contributed by atoms with E-state index in [9.17, 15) is 5.11 Å². The number of guanidine groups is 1. The lowest BCUT2D eigenvalue weighted by Crippen LogP contribution is -2.53. The highest BCUT2D eigenvalue weighted by molar-refractivity contribution is 5.80. The highest BCUT2D eigenvalue weighted by atomic mass is 16.3. The van der Waals surface area contributed by atoms with Crippen LogP contribution in [0.15, 0.2) is 17.4 Å². The van der Waals surface area contributed by atoms with Crippen LogP contribution in [-0.4, -0.2) is 59.7 Å². The largest absolute Gasteiger partial charge is 0.392 e.